The smallest absolute Gasteiger partial charge is 0.178 e. The molecule has 6 nitrogen and oxygen atoms in total. The van der Waals surface area contributed by atoms with Gasteiger partial charge in [0.25, 0.3) is 0 Å². The number of aromatic amines is 1. The van der Waals surface area contributed by atoms with Crippen LogP contribution in [0, 0.1) is 0 Å². The number of aromatic nitrogens is 3. The van der Waals surface area contributed by atoms with Crippen LogP contribution in [0.5, 0.6) is 0 Å². The minimum Gasteiger partial charge on any atom is -0.371 e. The van der Waals surface area contributed by atoms with Crippen LogP contribution in [0.25, 0.3) is 0 Å². The maximum atomic E-state index is 11.8. The minimum atomic E-state index is -3.24. The Morgan fingerprint density at radius 3 is 2.81 bits per heavy atom. The number of sulfone groups is 1. The Morgan fingerprint density at radius 1 is 1.33 bits per heavy atom. The predicted octanol–water partition coefficient (Wildman–Crippen LogP) is 1.59. The van der Waals surface area contributed by atoms with Crippen molar-refractivity contribution in [2.75, 3.05) is 24.2 Å². The predicted molar refractivity (Wildman–Crippen MR) is 80.1 cm³/mol. The van der Waals surface area contributed by atoms with Gasteiger partial charge in [-0.3, -0.25) is 10.1 Å². The zero-order valence-corrected chi connectivity index (χ0v) is 12.7. The topological polar surface area (TPSA) is 79.0 Å². The maximum absolute atomic E-state index is 11.8. The van der Waals surface area contributed by atoms with Gasteiger partial charge in [-0.25, -0.2) is 8.42 Å². The summed E-state index contributed by atoms with van der Waals surface area (Å²) in [5.41, 5.74) is 1.85. The molecule has 0 aliphatic carbocycles. The van der Waals surface area contributed by atoms with Crippen LogP contribution in [0.3, 0.4) is 0 Å². The van der Waals surface area contributed by atoms with Crippen molar-refractivity contribution in [3.63, 3.8) is 0 Å². The highest BCUT2D eigenvalue weighted by Crippen LogP contribution is 2.31. The van der Waals surface area contributed by atoms with E-state index in [4.69, 9.17) is 0 Å². The molecule has 3 rings (SSSR count). The lowest BCUT2D eigenvalue weighted by Gasteiger charge is -2.34. The summed E-state index contributed by atoms with van der Waals surface area (Å²) >= 11 is 0. The first-order valence-electron chi connectivity index (χ1n) is 6.94. The largest absolute Gasteiger partial charge is 0.371 e. The molecule has 0 amide bonds. The molecule has 0 unspecified atom stereocenters. The van der Waals surface area contributed by atoms with Gasteiger partial charge in [0.15, 0.2) is 9.84 Å². The van der Waals surface area contributed by atoms with Crippen molar-refractivity contribution in [1.82, 2.24) is 15.2 Å². The second kappa shape index (κ2) is 5.48. The monoisotopic (exact) mass is 306 g/mol. The molecule has 21 heavy (non-hydrogen) atoms. The fraction of sp³-hybridized carbons (Fsp3) is 0.429. The average Bonchev–Trinajstić information content (AvgIpc) is 2.98. The van der Waals surface area contributed by atoms with E-state index in [0.717, 1.165) is 37.3 Å². The number of nitrogens with zero attached hydrogens (tertiary/aromatic N) is 3. The Balaban J connectivity index is 1.86. The molecule has 7 heteroatoms. The van der Waals surface area contributed by atoms with Crippen LogP contribution in [0.2, 0.25) is 0 Å². The molecule has 0 radical (unpaired) electrons. The number of anilines is 1. The van der Waals surface area contributed by atoms with Gasteiger partial charge in [-0.05, 0) is 25.0 Å². The third-order valence-electron chi connectivity index (χ3n) is 3.89. The lowest BCUT2D eigenvalue weighted by molar-refractivity contribution is 0.494. The summed E-state index contributed by atoms with van der Waals surface area (Å²) in [6.07, 6.45) is 8.18. The Hall–Kier alpha value is -1.89. The molecule has 3 heterocycles. The Kier molecular flexibility index (Phi) is 3.67. The number of piperidine rings is 1. The number of rotatable bonds is 3. The second-order valence-electron chi connectivity index (χ2n) is 5.41. The molecule has 1 aliphatic rings. The van der Waals surface area contributed by atoms with E-state index < -0.39 is 9.84 Å². The Bertz CT molecular complexity index is 712. The van der Waals surface area contributed by atoms with Crippen molar-refractivity contribution < 1.29 is 8.42 Å². The Labute approximate surface area is 124 Å². The second-order valence-corrected chi connectivity index (χ2v) is 7.39. The first-order valence-corrected chi connectivity index (χ1v) is 8.83. The SMILES string of the molecule is CS(=O)(=O)c1cn[nH]c1[C@H]1CCCN(c2ccncc2)C1. The molecule has 1 aliphatic heterocycles. The number of pyridine rings is 1. The van der Waals surface area contributed by atoms with Crippen molar-refractivity contribution in [3.05, 3.63) is 36.4 Å². The van der Waals surface area contributed by atoms with Crippen molar-refractivity contribution in [3.8, 4) is 0 Å². The summed E-state index contributed by atoms with van der Waals surface area (Å²) in [7, 11) is -3.24. The highest BCUT2D eigenvalue weighted by molar-refractivity contribution is 7.90. The lowest BCUT2D eigenvalue weighted by atomic mass is 9.94. The average molecular weight is 306 g/mol. The van der Waals surface area contributed by atoms with Gasteiger partial charge < -0.3 is 4.90 Å². The third-order valence-corrected chi connectivity index (χ3v) is 5.01. The normalized spacial score (nSPS) is 19.7. The molecular weight excluding hydrogens is 288 g/mol. The van der Waals surface area contributed by atoms with Crippen molar-refractivity contribution in [1.29, 1.82) is 0 Å². The van der Waals surface area contributed by atoms with Gasteiger partial charge in [0.2, 0.25) is 0 Å². The summed E-state index contributed by atoms with van der Waals surface area (Å²) in [5, 5.41) is 6.81. The van der Waals surface area contributed by atoms with Crippen molar-refractivity contribution >= 4 is 15.5 Å². The van der Waals surface area contributed by atoms with Crippen LogP contribution >= 0.6 is 0 Å². The molecule has 2 aromatic heterocycles. The maximum Gasteiger partial charge on any atom is 0.178 e. The number of H-pyrrole nitrogens is 1. The zero-order chi connectivity index (χ0) is 14.9. The standard InChI is InChI=1S/C14H18N4O2S/c1-21(19,20)13-9-16-17-14(13)11-3-2-8-18(10-11)12-4-6-15-7-5-12/h4-7,9,11H,2-3,8,10H2,1H3,(H,16,17)/t11-/m0/s1. The minimum absolute atomic E-state index is 0.152. The van der Waals surface area contributed by atoms with Crippen LogP contribution in [0.1, 0.15) is 24.5 Å². The van der Waals surface area contributed by atoms with E-state index in [1.165, 1.54) is 12.5 Å². The van der Waals surface area contributed by atoms with E-state index in [1.54, 1.807) is 12.4 Å². The van der Waals surface area contributed by atoms with Gasteiger partial charge in [-0.2, -0.15) is 5.10 Å². The summed E-state index contributed by atoms with van der Waals surface area (Å²) in [6.45, 7) is 1.76. The van der Waals surface area contributed by atoms with Gasteiger partial charge in [0.1, 0.15) is 4.90 Å². The summed E-state index contributed by atoms with van der Waals surface area (Å²) in [6, 6.07) is 3.96. The number of hydrogen-bond donors (Lipinski definition) is 1. The zero-order valence-electron chi connectivity index (χ0n) is 11.9. The molecule has 1 atom stereocenters. The molecule has 0 bridgehead atoms. The fourth-order valence-corrected chi connectivity index (χ4v) is 3.73. The third kappa shape index (κ3) is 2.92. The molecule has 0 spiro atoms. The van der Waals surface area contributed by atoms with Crippen LogP contribution < -0.4 is 4.90 Å². The molecule has 1 N–H and O–H groups in total. The van der Waals surface area contributed by atoms with Gasteiger partial charge in [-0.1, -0.05) is 0 Å². The van der Waals surface area contributed by atoms with Gasteiger partial charge in [0.05, 0.1) is 11.9 Å². The number of nitrogens with one attached hydrogen (secondary N) is 1. The molecule has 0 saturated carbocycles. The first-order chi connectivity index (χ1) is 10.1. The number of hydrogen-bond acceptors (Lipinski definition) is 5. The van der Waals surface area contributed by atoms with Gasteiger partial charge in [0, 0.05) is 43.3 Å². The van der Waals surface area contributed by atoms with Crippen molar-refractivity contribution in [2.45, 2.75) is 23.7 Å². The molecule has 112 valence electrons. The van der Waals surface area contributed by atoms with Crippen LogP contribution in [-0.2, 0) is 9.84 Å². The van der Waals surface area contributed by atoms with E-state index in [9.17, 15) is 8.42 Å². The quantitative estimate of drug-likeness (QED) is 0.931. The molecule has 0 aromatic carbocycles. The van der Waals surface area contributed by atoms with E-state index in [0.29, 0.717) is 4.90 Å². The van der Waals surface area contributed by atoms with E-state index in [2.05, 4.69) is 20.1 Å². The van der Waals surface area contributed by atoms with Crippen LogP contribution in [0.15, 0.2) is 35.6 Å². The molecular formula is C14H18N4O2S. The van der Waals surface area contributed by atoms with Crippen molar-refractivity contribution in [2.24, 2.45) is 0 Å². The lowest BCUT2D eigenvalue weighted by Crippen LogP contribution is -2.34. The fourth-order valence-electron chi connectivity index (χ4n) is 2.88. The van der Waals surface area contributed by atoms with Gasteiger partial charge >= 0.3 is 0 Å². The van der Waals surface area contributed by atoms with Crippen LogP contribution in [-0.4, -0.2) is 42.9 Å². The highest BCUT2D eigenvalue weighted by Gasteiger charge is 2.27. The van der Waals surface area contributed by atoms with Gasteiger partial charge in [-0.15, -0.1) is 0 Å². The Morgan fingerprint density at radius 2 is 2.10 bits per heavy atom. The molecule has 1 saturated heterocycles. The molecule has 1 fully saturated rings. The van der Waals surface area contributed by atoms with E-state index in [-0.39, 0.29) is 5.92 Å². The van der Waals surface area contributed by atoms with E-state index >= 15 is 0 Å². The first kappa shape index (κ1) is 14.1. The summed E-state index contributed by atoms with van der Waals surface area (Å²) in [4.78, 5) is 6.62. The molecule has 2 aromatic rings. The summed E-state index contributed by atoms with van der Waals surface area (Å²) < 4.78 is 23.7. The highest BCUT2D eigenvalue weighted by atomic mass is 32.2. The van der Waals surface area contributed by atoms with E-state index in [1.807, 2.05) is 12.1 Å². The van der Waals surface area contributed by atoms with Crippen LogP contribution in [0.4, 0.5) is 5.69 Å². The summed E-state index contributed by atoms with van der Waals surface area (Å²) in [5.74, 6) is 0.152.